The number of aryl methyl sites for hydroxylation is 3. The Kier molecular flexibility index (Phi) is 7.74. The van der Waals surface area contributed by atoms with E-state index in [1.54, 1.807) is 0 Å². The van der Waals surface area contributed by atoms with Gasteiger partial charge in [0.05, 0.1) is 12.1 Å². The molecule has 0 fully saturated rings. The van der Waals surface area contributed by atoms with Crippen molar-refractivity contribution in [2.45, 2.75) is 52.4 Å². The summed E-state index contributed by atoms with van der Waals surface area (Å²) in [6.45, 7) is 5.34. The van der Waals surface area contributed by atoms with Gasteiger partial charge in [-0.2, -0.15) is 0 Å². The van der Waals surface area contributed by atoms with E-state index in [-0.39, 0.29) is 0 Å². The molecule has 0 aliphatic rings. The van der Waals surface area contributed by atoms with Crippen LogP contribution in [0.4, 0.5) is 5.82 Å². The van der Waals surface area contributed by atoms with Crippen LogP contribution in [0, 0.1) is 6.92 Å². The van der Waals surface area contributed by atoms with E-state index < -0.39 is 0 Å². The Morgan fingerprint density at radius 1 is 0.879 bits per heavy atom. The maximum atomic E-state index is 6.18. The highest BCUT2D eigenvalue weighted by atomic mass is 16.7. The van der Waals surface area contributed by atoms with Gasteiger partial charge in [0.25, 0.3) is 0 Å². The average Bonchev–Trinajstić information content (AvgIpc) is 2.82. The second-order valence-electron chi connectivity index (χ2n) is 8.63. The fourth-order valence-corrected chi connectivity index (χ4v) is 4.04. The minimum atomic E-state index is 0.305. The Morgan fingerprint density at radius 2 is 1.70 bits per heavy atom. The minimum Gasteiger partial charge on any atom is -0.468 e. The smallest absolute Gasteiger partial charge is 0.189 e. The summed E-state index contributed by atoms with van der Waals surface area (Å²) in [6, 6.07) is 16.7. The second-order valence-corrected chi connectivity index (χ2v) is 8.63. The van der Waals surface area contributed by atoms with Crippen molar-refractivity contribution in [3.8, 4) is 5.75 Å². The van der Waals surface area contributed by atoms with Crippen LogP contribution in [0.5, 0.6) is 5.75 Å². The Labute approximate surface area is 196 Å². The number of hydrogen-bond acceptors (Lipinski definition) is 5. The number of unbranched alkanes of at least 4 members (excludes halogenated alkanes) is 3. The molecular weight excluding hydrogens is 410 g/mol. The number of aromatic nitrogens is 2. The Hall–Kier alpha value is -3.18. The molecule has 0 aliphatic heterocycles. The second kappa shape index (κ2) is 11.1. The predicted molar refractivity (Wildman–Crippen MR) is 136 cm³/mol. The molecule has 2 aromatic heterocycles. The molecule has 2 aromatic carbocycles. The lowest BCUT2D eigenvalue weighted by atomic mass is 10.0. The van der Waals surface area contributed by atoms with Gasteiger partial charge in [0.2, 0.25) is 0 Å². The highest BCUT2D eigenvalue weighted by Crippen LogP contribution is 2.28. The van der Waals surface area contributed by atoms with Crippen molar-refractivity contribution in [3.05, 3.63) is 71.4 Å². The molecule has 0 unspecified atom stereocenters. The van der Waals surface area contributed by atoms with Crippen LogP contribution < -0.4 is 10.5 Å². The van der Waals surface area contributed by atoms with Gasteiger partial charge in [-0.1, -0.05) is 50.5 Å². The molecule has 172 valence electrons. The summed E-state index contributed by atoms with van der Waals surface area (Å²) in [5.41, 5.74) is 11.5. The molecule has 0 aliphatic carbocycles. The third-order valence-electron chi connectivity index (χ3n) is 5.95. The monoisotopic (exact) mass is 443 g/mol. The maximum absolute atomic E-state index is 6.18. The number of benzene rings is 2. The van der Waals surface area contributed by atoms with Gasteiger partial charge in [0, 0.05) is 17.0 Å². The number of fused-ring (bicyclic) bond motifs is 3. The minimum absolute atomic E-state index is 0.305. The number of ether oxygens (including phenoxy) is 2. The van der Waals surface area contributed by atoms with E-state index in [1.165, 1.54) is 36.0 Å². The first kappa shape index (κ1) is 23.0. The quantitative estimate of drug-likeness (QED) is 0.165. The van der Waals surface area contributed by atoms with Gasteiger partial charge in [-0.15, -0.1) is 0 Å². The summed E-state index contributed by atoms with van der Waals surface area (Å²) in [5.74, 6) is 1.32. The van der Waals surface area contributed by atoms with Crippen LogP contribution in [-0.2, 0) is 17.6 Å². The molecule has 5 heteroatoms. The number of nitrogens with two attached hydrogens (primary N) is 1. The van der Waals surface area contributed by atoms with Gasteiger partial charge in [-0.25, -0.2) is 4.98 Å². The Balaban J connectivity index is 1.35. The summed E-state index contributed by atoms with van der Waals surface area (Å²) >= 11 is 0. The normalized spacial score (nSPS) is 11.3. The molecule has 5 nitrogen and oxygen atoms in total. The molecular formula is C28H33N3O2. The molecule has 4 aromatic rings. The number of rotatable bonds is 11. The first-order chi connectivity index (χ1) is 16.1. The molecule has 0 spiro atoms. The van der Waals surface area contributed by atoms with E-state index in [9.17, 15) is 0 Å². The summed E-state index contributed by atoms with van der Waals surface area (Å²) in [7, 11) is 0. The zero-order valence-corrected chi connectivity index (χ0v) is 19.6. The van der Waals surface area contributed by atoms with Crippen LogP contribution in [-0.4, -0.2) is 23.4 Å². The third kappa shape index (κ3) is 5.99. The van der Waals surface area contributed by atoms with E-state index in [4.69, 9.17) is 15.2 Å². The lowest BCUT2D eigenvalue weighted by Crippen LogP contribution is -2.04. The van der Waals surface area contributed by atoms with Crippen molar-refractivity contribution in [1.29, 1.82) is 0 Å². The van der Waals surface area contributed by atoms with Crippen LogP contribution in [0.15, 0.2) is 54.7 Å². The number of hydrogen-bond donors (Lipinski definition) is 1. The molecule has 0 radical (unpaired) electrons. The first-order valence-electron chi connectivity index (χ1n) is 11.9. The Morgan fingerprint density at radius 3 is 2.52 bits per heavy atom. The van der Waals surface area contributed by atoms with Gasteiger partial charge >= 0.3 is 0 Å². The van der Waals surface area contributed by atoms with Crippen molar-refractivity contribution < 1.29 is 9.47 Å². The molecule has 0 saturated heterocycles. The molecule has 2 N–H and O–H groups in total. The fraction of sp³-hybridized carbons (Fsp3) is 0.357. The average molecular weight is 444 g/mol. The number of anilines is 1. The van der Waals surface area contributed by atoms with E-state index in [2.05, 4.69) is 60.2 Å². The van der Waals surface area contributed by atoms with Gasteiger partial charge in [-0.3, -0.25) is 4.98 Å². The fourth-order valence-electron chi connectivity index (χ4n) is 4.04. The summed E-state index contributed by atoms with van der Waals surface area (Å²) in [5, 5.41) is 2.15. The maximum Gasteiger partial charge on any atom is 0.189 e. The SMILES string of the molecule is CCCCCCOCOc1ccc(CCc2cnc3c(N)nc4cc(C)ccc4c3c2)cc1. The van der Waals surface area contributed by atoms with E-state index in [1.807, 2.05) is 18.3 Å². The van der Waals surface area contributed by atoms with Gasteiger partial charge in [0.15, 0.2) is 12.6 Å². The van der Waals surface area contributed by atoms with Crippen LogP contribution in [0.2, 0.25) is 0 Å². The van der Waals surface area contributed by atoms with E-state index >= 15 is 0 Å². The standard InChI is InChI=1S/C28H33N3O2/c1-3-4-5-6-15-32-19-33-23-12-10-21(11-13-23)8-9-22-17-25-24-14-7-20(2)16-26(24)31-28(29)27(25)30-18-22/h7,10-14,16-18H,3-6,8-9,15,19H2,1-2H3,(H2,29,31). The van der Waals surface area contributed by atoms with Gasteiger partial charge in [0.1, 0.15) is 11.3 Å². The first-order valence-corrected chi connectivity index (χ1v) is 11.9. The molecule has 33 heavy (non-hydrogen) atoms. The summed E-state index contributed by atoms with van der Waals surface area (Å²) < 4.78 is 11.2. The lowest BCUT2D eigenvalue weighted by molar-refractivity contribution is 0.0135. The number of nitrogen functional groups attached to an aromatic ring is 1. The molecule has 4 rings (SSSR count). The van der Waals surface area contributed by atoms with Crippen LogP contribution in [0.25, 0.3) is 21.8 Å². The van der Waals surface area contributed by atoms with Gasteiger partial charge in [-0.05, 0) is 67.1 Å². The topological polar surface area (TPSA) is 70.3 Å². The van der Waals surface area contributed by atoms with E-state index in [0.29, 0.717) is 12.6 Å². The highest BCUT2D eigenvalue weighted by molar-refractivity contribution is 6.08. The van der Waals surface area contributed by atoms with Crippen LogP contribution in [0.1, 0.15) is 49.3 Å². The van der Waals surface area contributed by atoms with Crippen LogP contribution in [0.3, 0.4) is 0 Å². The summed E-state index contributed by atoms with van der Waals surface area (Å²) in [6.07, 6.45) is 8.57. The predicted octanol–water partition coefficient (Wildman–Crippen LogP) is 6.39. The highest BCUT2D eigenvalue weighted by Gasteiger charge is 2.09. The van der Waals surface area contributed by atoms with Crippen molar-refractivity contribution in [2.24, 2.45) is 0 Å². The molecule has 0 atom stereocenters. The molecule has 0 amide bonds. The summed E-state index contributed by atoms with van der Waals surface area (Å²) in [4.78, 5) is 9.16. The van der Waals surface area contributed by atoms with Gasteiger partial charge < -0.3 is 15.2 Å². The Bertz CT molecular complexity index is 1210. The van der Waals surface area contributed by atoms with Crippen LogP contribution >= 0.6 is 0 Å². The number of pyridine rings is 2. The molecule has 0 saturated carbocycles. The van der Waals surface area contributed by atoms with Crippen molar-refractivity contribution >= 4 is 27.6 Å². The molecule has 0 bridgehead atoms. The zero-order valence-electron chi connectivity index (χ0n) is 19.6. The zero-order chi connectivity index (χ0) is 23.0. The number of nitrogens with zero attached hydrogens (tertiary/aromatic N) is 2. The van der Waals surface area contributed by atoms with E-state index in [0.717, 1.165) is 53.4 Å². The van der Waals surface area contributed by atoms with Crippen molar-refractivity contribution in [1.82, 2.24) is 9.97 Å². The van der Waals surface area contributed by atoms with Crippen molar-refractivity contribution in [2.75, 3.05) is 19.1 Å². The third-order valence-corrected chi connectivity index (χ3v) is 5.95. The lowest BCUT2D eigenvalue weighted by Gasteiger charge is -2.10. The molecule has 2 heterocycles. The van der Waals surface area contributed by atoms with Crippen molar-refractivity contribution in [3.63, 3.8) is 0 Å². The largest absolute Gasteiger partial charge is 0.468 e.